The number of hydrogen-bond donors (Lipinski definition) is 2. The maximum atomic E-state index is 5.36. The fourth-order valence-electron chi connectivity index (χ4n) is 0.737. The van der Waals surface area contributed by atoms with Crippen LogP contribution in [0.1, 0.15) is 13.8 Å². The molecule has 1 atom stereocenters. The Labute approximate surface area is 85.2 Å². The van der Waals surface area contributed by atoms with Gasteiger partial charge in [-0.1, -0.05) is 5.92 Å². The van der Waals surface area contributed by atoms with Crippen LogP contribution in [0.15, 0.2) is 0 Å². The maximum Gasteiger partial charge on any atom is 0.167 e. The Morgan fingerprint density at radius 2 is 2.15 bits per heavy atom. The molecule has 0 aromatic carbocycles. The van der Waals surface area contributed by atoms with Crippen molar-refractivity contribution < 1.29 is 4.74 Å². The molecular weight excluding hydrogens is 184 g/mol. The molecule has 0 rings (SSSR count). The SMILES string of the molecule is C#CC(NC(=S)NC)C(C)(C)OC. The number of nitrogens with one attached hydrogen (secondary N) is 2. The van der Waals surface area contributed by atoms with E-state index in [0.717, 1.165) is 0 Å². The van der Waals surface area contributed by atoms with Crippen LogP contribution in [0, 0.1) is 12.3 Å². The van der Waals surface area contributed by atoms with Crippen molar-refractivity contribution >= 4 is 17.3 Å². The minimum atomic E-state index is -0.435. The average molecular weight is 200 g/mol. The van der Waals surface area contributed by atoms with Crippen molar-refractivity contribution in [1.82, 2.24) is 10.6 Å². The first-order valence-corrected chi connectivity index (χ1v) is 4.38. The molecule has 0 spiro atoms. The summed E-state index contributed by atoms with van der Waals surface area (Å²) < 4.78 is 5.24. The van der Waals surface area contributed by atoms with Crippen molar-refractivity contribution in [3.63, 3.8) is 0 Å². The van der Waals surface area contributed by atoms with Crippen LogP contribution >= 0.6 is 12.2 Å². The van der Waals surface area contributed by atoms with E-state index in [1.165, 1.54) is 0 Å². The summed E-state index contributed by atoms with van der Waals surface area (Å²) in [5.41, 5.74) is -0.435. The van der Waals surface area contributed by atoms with E-state index in [0.29, 0.717) is 5.11 Å². The third-order valence-corrected chi connectivity index (χ3v) is 2.21. The summed E-state index contributed by atoms with van der Waals surface area (Å²) in [5, 5.41) is 6.28. The third kappa shape index (κ3) is 3.62. The van der Waals surface area contributed by atoms with E-state index in [9.17, 15) is 0 Å². The molecule has 13 heavy (non-hydrogen) atoms. The van der Waals surface area contributed by atoms with Gasteiger partial charge in [-0.15, -0.1) is 6.42 Å². The lowest BCUT2D eigenvalue weighted by molar-refractivity contribution is 0.00999. The molecule has 3 nitrogen and oxygen atoms in total. The number of terminal acetylenes is 1. The van der Waals surface area contributed by atoms with Gasteiger partial charge in [0.15, 0.2) is 5.11 Å². The van der Waals surface area contributed by atoms with E-state index < -0.39 is 5.60 Å². The molecule has 0 bridgehead atoms. The summed E-state index contributed by atoms with van der Waals surface area (Å²) in [6.45, 7) is 3.81. The fraction of sp³-hybridized carbons (Fsp3) is 0.667. The van der Waals surface area contributed by atoms with E-state index in [2.05, 4.69) is 16.6 Å². The van der Waals surface area contributed by atoms with Crippen molar-refractivity contribution in [3.05, 3.63) is 0 Å². The molecule has 0 saturated carbocycles. The molecule has 0 amide bonds. The van der Waals surface area contributed by atoms with Crippen molar-refractivity contribution in [3.8, 4) is 12.3 Å². The van der Waals surface area contributed by atoms with Gasteiger partial charge in [-0.2, -0.15) is 0 Å². The molecule has 2 N–H and O–H groups in total. The highest BCUT2D eigenvalue weighted by Gasteiger charge is 2.27. The van der Waals surface area contributed by atoms with Gasteiger partial charge in [-0.3, -0.25) is 0 Å². The fourth-order valence-corrected chi connectivity index (χ4v) is 0.855. The van der Waals surface area contributed by atoms with Crippen LogP contribution < -0.4 is 10.6 Å². The Hall–Kier alpha value is -0.790. The van der Waals surface area contributed by atoms with Gasteiger partial charge < -0.3 is 15.4 Å². The third-order valence-electron chi connectivity index (χ3n) is 1.89. The molecule has 0 aliphatic rings. The summed E-state index contributed by atoms with van der Waals surface area (Å²) in [4.78, 5) is 0. The molecule has 0 heterocycles. The Balaban J connectivity index is 4.37. The van der Waals surface area contributed by atoms with E-state index in [-0.39, 0.29) is 6.04 Å². The molecule has 0 aromatic heterocycles. The molecule has 4 heteroatoms. The van der Waals surface area contributed by atoms with Gasteiger partial charge in [0.2, 0.25) is 0 Å². The number of ether oxygens (including phenoxy) is 1. The number of rotatable bonds is 3. The minimum Gasteiger partial charge on any atom is -0.376 e. The van der Waals surface area contributed by atoms with Gasteiger partial charge in [0, 0.05) is 14.2 Å². The second-order valence-electron chi connectivity index (χ2n) is 3.13. The molecule has 74 valence electrons. The molecule has 1 unspecified atom stereocenters. The predicted octanol–water partition coefficient (Wildman–Crippen LogP) is 0.507. The van der Waals surface area contributed by atoms with Crippen LogP contribution in [0.3, 0.4) is 0 Å². The van der Waals surface area contributed by atoms with Gasteiger partial charge in [-0.05, 0) is 26.1 Å². The maximum absolute atomic E-state index is 5.36. The highest BCUT2D eigenvalue weighted by molar-refractivity contribution is 7.80. The molecule has 0 saturated heterocycles. The van der Waals surface area contributed by atoms with Gasteiger partial charge >= 0.3 is 0 Å². The van der Waals surface area contributed by atoms with Crippen molar-refractivity contribution in [2.45, 2.75) is 25.5 Å². The van der Waals surface area contributed by atoms with Crippen LogP contribution in [-0.4, -0.2) is 30.9 Å². The lowest BCUT2D eigenvalue weighted by atomic mass is 10.00. The molecule has 0 aromatic rings. The summed E-state index contributed by atoms with van der Waals surface area (Å²) in [6, 6.07) is -0.238. The number of thiocarbonyl (C=S) groups is 1. The first-order valence-electron chi connectivity index (χ1n) is 3.97. The van der Waals surface area contributed by atoms with Gasteiger partial charge in [0.05, 0.1) is 5.60 Å². The predicted molar refractivity (Wildman–Crippen MR) is 58.5 cm³/mol. The smallest absolute Gasteiger partial charge is 0.167 e. The van der Waals surface area contributed by atoms with Gasteiger partial charge in [0.25, 0.3) is 0 Å². The normalized spacial score (nSPS) is 12.8. The van der Waals surface area contributed by atoms with Crippen LogP contribution in [0.25, 0.3) is 0 Å². The Kier molecular flexibility index (Phi) is 4.74. The van der Waals surface area contributed by atoms with Crippen LogP contribution in [0.5, 0.6) is 0 Å². The van der Waals surface area contributed by atoms with Crippen molar-refractivity contribution in [1.29, 1.82) is 0 Å². The van der Waals surface area contributed by atoms with E-state index in [1.807, 2.05) is 13.8 Å². The molecular formula is C9H16N2OS. The molecule has 0 aliphatic heterocycles. The highest BCUT2D eigenvalue weighted by atomic mass is 32.1. The largest absolute Gasteiger partial charge is 0.376 e. The van der Waals surface area contributed by atoms with Crippen molar-refractivity contribution in [2.24, 2.45) is 0 Å². The summed E-state index contributed by atoms with van der Waals surface area (Å²) in [5.74, 6) is 2.59. The number of methoxy groups -OCH3 is 1. The first-order chi connectivity index (χ1) is 5.97. The van der Waals surface area contributed by atoms with Gasteiger partial charge in [0.1, 0.15) is 6.04 Å². The topological polar surface area (TPSA) is 33.3 Å². The lowest BCUT2D eigenvalue weighted by Gasteiger charge is -2.30. The average Bonchev–Trinajstić information content (AvgIpc) is 2.13. The van der Waals surface area contributed by atoms with Crippen LogP contribution in [0.4, 0.5) is 0 Å². The second-order valence-corrected chi connectivity index (χ2v) is 3.54. The van der Waals surface area contributed by atoms with Crippen LogP contribution in [0.2, 0.25) is 0 Å². The zero-order valence-corrected chi connectivity index (χ0v) is 9.29. The summed E-state index contributed by atoms with van der Waals surface area (Å²) >= 11 is 4.94. The minimum absolute atomic E-state index is 0.238. The standard InChI is InChI=1S/C9H16N2OS/c1-6-7(9(2,3)12-5)11-8(13)10-4/h1,7H,2-5H3,(H2,10,11,13). The van der Waals surface area contributed by atoms with Gasteiger partial charge in [-0.25, -0.2) is 0 Å². The zero-order chi connectivity index (χ0) is 10.5. The van der Waals surface area contributed by atoms with E-state index in [4.69, 9.17) is 23.4 Å². The highest BCUT2D eigenvalue weighted by Crippen LogP contribution is 2.12. The monoisotopic (exact) mass is 200 g/mol. The summed E-state index contributed by atoms with van der Waals surface area (Å²) in [6.07, 6.45) is 5.36. The summed E-state index contributed by atoms with van der Waals surface area (Å²) in [7, 11) is 3.36. The number of hydrogen-bond acceptors (Lipinski definition) is 2. The molecule has 0 fully saturated rings. The zero-order valence-electron chi connectivity index (χ0n) is 8.47. The van der Waals surface area contributed by atoms with E-state index in [1.54, 1.807) is 14.2 Å². The lowest BCUT2D eigenvalue weighted by Crippen LogP contribution is -2.51. The Morgan fingerprint density at radius 1 is 1.62 bits per heavy atom. The van der Waals surface area contributed by atoms with Crippen molar-refractivity contribution in [2.75, 3.05) is 14.2 Å². The van der Waals surface area contributed by atoms with E-state index >= 15 is 0 Å². The molecule has 0 radical (unpaired) electrons. The Bertz CT molecular complexity index is 220. The first kappa shape index (κ1) is 12.2. The Morgan fingerprint density at radius 3 is 2.46 bits per heavy atom. The molecule has 0 aliphatic carbocycles. The van der Waals surface area contributed by atoms with Crippen LogP contribution in [-0.2, 0) is 4.74 Å². The second kappa shape index (κ2) is 5.05. The quantitative estimate of drug-likeness (QED) is 0.514.